The maximum absolute atomic E-state index is 13.0. The molecule has 0 aromatic heterocycles. The number of sulfone groups is 1. The van der Waals surface area contributed by atoms with Gasteiger partial charge in [0.2, 0.25) is 0 Å². The zero-order chi connectivity index (χ0) is 15.0. The predicted octanol–water partition coefficient (Wildman–Crippen LogP) is 2.34. The highest BCUT2D eigenvalue weighted by Crippen LogP contribution is 2.53. The van der Waals surface area contributed by atoms with Crippen LogP contribution in [0.1, 0.15) is 11.5 Å². The van der Waals surface area contributed by atoms with Crippen molar-refractivity contribution in [1.82, 2.24) is 0 Å². The molecular formula is C16H16FNO2S. The minimum Gasteiger partial charge on any atom is -0.330 e. The zero-order valence-electron chi connectivity index (χ0n) is 11.3. The summed E-state index contributed by atoms with van der Waals surface area (Å²) in [6.45, 7) is 0.304. The number of hydrogen-bond acceptors (Lipinski definition) is 3. The summed E-state index contributed by atoms with van der Waals surface area (Å²) >= 11 is 0. The van der Waals surface area contributed by atoms with Crippen molar-refractivity contribution < 1.29 is 12.8 Å². The highest BCUT2D eigenvalue weighted by molar-refractivity contribution is 7.92. The molecule has 0 unspecified atom stereocenters. The summed E-state index contributed by atoms with van der Waals surface area (Å²) in [6.07, 6.45) is 0. The number of nitrogens with two attached hydrogens (primary N) is 1. The van der Waals surface area contributed by atoms with E-state index in [1.807, 2.05) is 0 Å². The highest BCUT2D eigenvalue weighted by atomic mass is 32.2. The van der Waals surface area contributed by atoms with Crippen molar-refractivity contribution in [3.05, 3.63) is 66.0 Å². The van der Waals surface area contributed by atoms with Crippen LogP contribution in [0.5, 0.6) is 0 Å². The van der Waals surface area contributed by atoms with Gasteiger partial charge in [-0.25, -0.2) is 12.8 Å². The smallest absolute Gasteiger partial charge is 0.182 e. The standard InChI is InChI=1S/C16H16FNO2S/c17-12-8-6-11(7-9-12)15-14(10-18)16(15)21(19,20)13-4-2-1-3-5-13/h1-9,14-16H,10,18H2/t14-,15-,16-/m1/s1. The van der Waals surface area contributed by atoms with Crippen molar-refractivity contribution in [2.45, 2.75) is 16.1 Å². The minimum absolute atomic E-state index is 0.110. The molecule has 0 amide bonds. The molecule has 1 saturated carbocycles. The summed E-state index contributed by atoms with van der Waals surface area (Å²) in [5.41, 5.74) is 6.55. The van der Waals surface area contributed by atoms with E-state index in [2.05, 4.69) is 0 Å². The van der Waals surface area contributed by atoms with Crippen molar-refractivity contribution in [3.8, 4) is 0 Å². The Balaban J connectivity index is 1.94. The van der Waals surface area contributed by atoms with E-state index in [4.69, 9.17) is 5.73 Å². The Morgan fingerprint density at radius 1 is 1.00 bits per heavy atom. The number of halogens is 1. The van der Waals surface area contributed by atoms with Gasteiger partial charge >= 0.3 is 0 Å². The summed E-state index contributed by atoms with van der Waals surface area (Å²) < 4.78 is 38.4. The van der Waals surface area contributed by atoms with E-state index < -0.39 is 15.1 Å². The first-order chi connectivity index (χ1) is 10.1. The lowest BCUT2D eigenvalue weighted by atomic mass is 10.1. The molecule has 0 spiro atoms. The second kappa shape index (κ2) is 5.24. The summed E-state index contributed by atoms with van der Waals surface area (Å²) in [7, 11) is -3.41. The predicted molar refractivity (Wildman–Crippen MR) is 79.1 cm³/mol. The van der Waals surface area contributed by atoms with Crippen LogP contribution in [0.4, 0.5) is 4.39 Å². The SMILES string of the molecule is NC[C@@H]1[C@@H](c2ccc(F)cc2)[C@@H]1S(=O)(=O)c1ccccc1. The number of rotatable bonds is 4. The van der Waals surface area contributed by atoms with Crippen LogP contribution in [-0.4, -0.2) is 20.2 Å². The molecule has 0 saturated heterocycles. The van der Waals surface area contributed by atoms with Crippen LogP contribution >= 0.6 is 0 Å². The first kappa shape index (κ1) is 14.2. The highest BCUT2D eigenvalue weighted by Gasteiger charge is 2.57. The number of benzene rings is 2. The third-order valence-corrected chi connectivity index (χ3v) is 6.34. The van der Waals surface area contributed by atoms with E-state index in [0.717, 1.165) is 5.56 Å². The molecule has 0 radical (unpaired) electrons. The van der Waals surface area contributed by atoms with Crippen LogP contribution < -0.4 is 5.73 Å². The molecule has 2 aromatic rings. The Morgan fingerprint density at radius 3 is 2.19 bits per heavy atom. The molecule has 0 aliphatic heterocycles. The topological polar surface area (TPSA) is 60.2 Å². The van der Waals surface area contributed by atoms with Crippen LogP contribution in [0.25, 0.3) is 0 Å². The zero-order valence-corrected chi connectivity index (χ0v) is 12.1. The monoisotopic (exact) mass is 305 g/mol. The van der Waals surface area contributed by atoms with Crippen molar-refractivity contribution >= 4 is 9.84 Å². The van der Waals surface area contributed by atoms with Gasteiger partial charge < -0.3 is 5.73 Å². The molecule has 1 aliphatic carbocycles. The normalized spacial score (nSPS) is 24.8. The summed E-state index contributed by atoms with van der Waals surface area (Å²) in [4.78, 5) is 0.318. The molecule has 5 heteroatoms. The average Bonchev–Trinajstić information content (AvgIpc) is 3.24. The summed E-state index contributed by atoms with van der Waals surface area (Å²) in [5.74, 6) is -0.590. The molecule has 0 bridgehead atoms. The van der Waals surface area contributed by atoms with Crippen LogP contribution in [0.15, 0.2) is 59.5 Å². The minimum atomic E-state index is -3.41. The van der Waals surface area contributed by atoms with E-state index in [0.29, 0.717) is 11.4 Å². The van der Waals surface area contributed by atoms with Gasteiger partial charge in [0.25, 0.3) is 0 Å². The first-order valence-electron chi connectivity index (χ1n) is 6.80. The molecule has 1 fully saturated rings. The van der Waals surface area contributed by atoms with Crippen molar-refractivity contribution in [1.29, 1.82) is 0 Å². The fourth-order valence-electron chi connectivity index (χ4n) is 2.94. The van der Waals surface area contributed by atoms with E-state index in [-0.39, 0.29) is 17.7 Å². The van der Waals surface area contributed by atoms with E-state index in [1.165, 1.54) is 12.1 Å². The van der Waals surface area contributed by atoms with Gasteiger partial charge in [0, 0.05) is 5.92 Å². The third-order valence-electron chi connectivity index (χ3n) is 4.05. The van der Waals surface area contributed by atoms with Crippen LogP contribution in [0.2, 0.25) is 0 Å². The van der Waals surface area contributed by atoms with E-state index in [9.17, 15) is 12.8 Å². The second-order valence-electron chi connectivity index (χ2n) is 5.30. The lowest BCUT2D eigenvalue weighted by Gasteiger charge is -2.04. The Hall–Kier alpha value is -1.72. The molecule has 3 rings (SSSR count). The van der Waals surface area contributed by atoms with Crippen LogP contribution in [0, 0.1) is 11.7 Å². The fraction of sp³-hybridized carbons (Fsp3) is 0.250. The first-order valence-corrected chi connectivity index (χ1v) is 8.35. The van der Waals surface area contributed by atoms with Gasteiger partial charge in [0.15, 0.2) is 9.84 Å². The number of hydrogen-bond donors (Lipinski definition) is 1. The molecule has 0 heterocycles. The van der Waals surface area contributed by atoms with Gasteiger partial charge in [-0.3, -0.25) is 0 Å². The van der Waals surface area contributed by atoms with E-state index in [1.54, 1.807) is 42.5 Å². The lowest BCUT2D eigenvalue weighted by Crippen LogP contribution is -2.13. The molecule has 2 N–H and O–H groups in total. The van der Waals surface area contributed by atoms with Crippen molar-refractivity contribution in [3.63, 3.8) is 0 Å². The maximum atomic E-state index is 13.0. The van der Waals surface area contributed by atoms with E-state index >= 15 is 0 Å². The Bertz CT molecular complexity index is 729. The van der Waals surface area contributed by atoms with Gasteiger partial charge in [0.05, 0.1) is 10.1 Å². The van der Waals surface area contributed by atoms with Gasteiger partial charge in [-0.05, 0) is 42.3 Å². The maximum Gasteiger partial charge on any atom is 0.182 e. The van der Waals surface area contributed by atoms with Gasteiger partial charge in [0.1, 0.15) is 5.82 Å². The van der Waals surface area contributed by atoms with Gasteiger partial charge in [-0.2, -0.15) is 0 Å². The molecule has 21 heavy (non-hydrogen) atoms. The Morgan fingerprint density at radius 2 is 1.62 bits per heavy atom. The largest absolute Gasteiger partial charge is 0.330 e. The van der Waals surface area contributed by atoms with Crippen LogP contribution in [0.3, 0.4) is 0 Å². The second-order valence-corrected chi connectivity index (χ2v) is 7.41. The van der Waals surface area contributed by atoms with Crippen molar-refractivity contribution in [2.24, 2.45) is 11.7 Å². The summed E-state index contributed by atoms with van der Waals surface area (Å²) in [5, 5.41) is -0.518. The lowest BCUT2D eigenvalue weighted by molar-refractivity contribution is 0.591. The third kappa shape index (κ3) is 2.47. The Labute approximate surface area is 123 Å². The Kier molecular flexibility index (Phi) is 3.55. The molecule has 1 aliphatic rings. The van der Waals surface area contributed by atoms with Gasteiger partial charge in [-0.1, -0.05) is 30.3 Å². The van der Waals surface area contributed by atoms with Gasteiger partial charge in [-0.15, -0.1) is 0 Å². The molecule has 2 aromatic carbocycles. The summed E-state index contributed by atoms with van der Waals surface area (Å²) in [6, 6.07) is 14.4. The quantitative estimate of drug-likeness (QED) is 0.943. The molecular weight excluding hydrogens is 289 g/mol. The van der Waals surface area contributed by atoms with Crippen LogP contribution in [-0.2, 0) is 9.84 Å². The fourth-order valence-corrected chi connectivity index (χ4v) is 5.18. The molecule has 110 valence electrons. The average molecular weight is 305 g/mol. The van der Waals surface area contributed by atoms with Crippen molar-refractivity contribution in [2.75, 3.05) is 6.54 Å². The molecule has 3 nitrogen and oxygen atoms in total. The molecule has 3 atom stereocenters.